The molecular formula is C13H12N4O3. The number of hydrogen-bond donors (Lipinski definition) is 2. The first-order valence-corrected chi connectivity index (χ1v) is 5.76. The molecule has 0 saturated heterocycles. The van der Waals surface area contributed by atoms with Crippen LogP contribution in [0.2, 0.25) is 0 Å². The van der Waals surface area contributed by atoms with Gasteiger partial charge in [0.15, 0.2) is 0 Å². The third-order valence-electron chi connectivity index (χ3n) is 2.62. The van der Waals surface area contributed by atoms with Gasteiger partial charge in [-0.15, -0.1) is 0 Å². The number of nitrogens with one attached hydrogen (secondary N) is 1. The molecule has 1 amide bonds. The molecule has 3 N–H and O–H groups in total. The maximum Gasteiger partial charge on any atom is 0.292 e. The van der Waals surface area contributed by atoms with Gasteiger partial charge < -0.3 is 11.1 Å². The van der Waals surface area contributed by atoms with Gasteiger partial charge in [0.05, 0.1) is 4.92 Å². The average molecular weight is 272 g/mol. The number of benzene rings is 1. The molecule has 0 radical (unpaired) electrons. The Morgan fingerprint density at radius 1 is 1.35 bits per heavy atom. The van der Waals surface area contributed by atoms with Crippen molar-refractivity contribution < 1.29 is 9.72 Å². The second-order valence-corrected chi connectivity index (χ2v) is 4.15. The molecule has 102 valence electrons. The molecule has 2 aromatic rings. The van der Waals surface area contributed by atoms with Gasteiger partial charge in [-0.2, -0.15) is 0 Å². The number of nitro benzene ring substituents is 1. The molecule has 1 aromatic heterocycles. The smallest absolute Gasteiger partial charge is 0.292 e. The number of nitrogens with two attached hydrogens (primary N) is 1. The molecule has 0 aliphatic heterocycles. The van der Waals surface area contributed by atoms with Crippen LogP contribution in [-0.2, 0) is 0 Å². The van der Waals surface area contributed by atoms with E-state index in [4.69, 9.17) is 5.73 Å². The number of pyridine rings is 1. The summed E-state index contributed by atoms with van der Waals surface area (Å²) in [4.78, 5) is 26.2. The molecule has 1 aromatic carbocycles. The first-order valence-electron chi connectivity index (χ1n) is 5.76. The molecule has 0 atom stereocenters. The summed E-state index contributed by atoms with van der Waals surface area (Å²) in [6.45, 7) is 1.81. The molecule has 0 spiro atoms. The molecule has 2 rings (SSSR count). The average Bonchev–Trinajstić information content (AvgIpc) is 2.38. The number of amides is 1. The van der Waals surface area contributed by atoms with Gasteiger partial charge in [0.2, 0.25) is 0 Å². The van der Waals surface area contributed by atoms with Crippen LogP contribution in [0.25, 0.3) is 0 Å². The van der Waals surface area contributed by atoms with Gasteiger partial charge in [0.1, 0.15) is 11.5 Å². The Balaban J connectivity index is 2.22. The summed E-state index contributed by atoms with van der Waals surface area (Å²) in [5.41, 5.74) is 6.26. The molecule has 20 heavy (non-hydrogen) atoms. The van der Waals surface area contributed by atoms with E-state index in [1.54, 1.807) is 25.1 Å². The molecule has 1 heterocycles. The number of hydrogen-bond acceptors (Lipinski definition) is 5. The predicted molar refractivity (Wildman–Crippen MR) is 74.4 cm³/mol. The fourth-order valence-electron chi connectivity index (χ4n) is 1.66. The van der Waals surface area contributed by atoms with Crippen LogP contribution in [0.3, 0.4) is 0 Å². The number of rotatable bonds is 3. The Kier molecular flexibility index (Phi) is 3.60. The van der Waals surface area contributed by atoms with Crippen molar-refractivity contribution in [3.8, 4) is 0 Å². The summed E-state index contributed by atoms with van der Waals surface area (Å²) in [5, 5.41) is 13.2. The number of nitro groups is 1. The van der Waals surface area contributed by atoms with Crippen molar-refractivity contribution in [2.24, 2.45) is 0 Å². The van der Waals surface area contributed by atoms with Crippen LogP contribution >= 0.6 is 0 Å². The zero-order valence-corrected chi connectivity index (χ0v) is 10.7. The van der Waals surface area contributed by atoms with Crippen LogP contribution in [0, 0.1) is 17.0 Å². The standard InChI is InChI=1S/C13H12N4O3/c1-8-3-2-4-12(15-8)16-13(18)9-5-6-11(17(19)20)10(14)7-9/h2-7H,14H2,1H3,(H,15,16,18). The number of nitrogens with zero attached hydrogens (tertiary/aromatic N) is 2. The lowest BCUT2D eigenvalue weighted by Gasteiger charge is -2.06. The first-order chi connectivity index (χ1) is 9.47. The summed E-state index contributed by atoms with van der Waals surface area (Å²) >= 11 is 0. The van der Waals surface area contributed by atoms with E-state index in [9.17, 15) is 14.9 Å². The summed E-state index contributed by atoms with van der Waals surface area (Å²) in [5.74, 6) is -0.0170. The van der Waals surface area contributed by atoms with Gasteiger partial charge >= 0.3 is 0 Å². The van der Waals surface area contributed by atoms with E-state index in [0.717, 1.165) is 5.69 Å². The van der Waals surface area contributed by atoms with Gasteiger partial charge in [-0.25, -0.2) is 4.98 Å². The van der Waals surface area contributed by atoms with Gasteiger partial charge in [-0.05, 0) is 31.2 Å². The number of carbonyl (C=O) groups is 1. The summed E-state index contributed by atoms with van der Waals surface area (Å²) in [6, 6.07) is 9.04. The molecule has 7 heteroatoms. The van der Waals surface area contributed by atoms with Crippen LogP contribution in [0.4, 0.5) is 17.2 Å². The number of aromatic nitrogens is 1. The highest BCUT2D eigenvalue weighted by atomic mass is 16.6. The monoisotopic (exact) mass is 272 g/mol. The fraction of sp³-hybridized carbons (Fsp3) is 0.0769. The van der Waals surface area contributed by atoms with Crippen LogP contribution in [0.1, 0.15) is 16.1 Å². The highest BCUT2D eigenvalue weighted by Gasteiger charge is 2.14. The van der Waals surface area contributed by atoms with Gasteiger partial charge in [0.25, 0.3) is 11.6 Å². The maximum atomic E-state index is 12.0. The van der Waals surface area contributed by atoms with Crippen molar-refractivity contribution in [3.63, 3.8) is 0 Å². The van der Waals surface area contributed by atoms with Crippen LogP contribution in [-0.4, -0.2) is 15.8 Å². The van der Waals surface area contributed by atoms with E-state index in [1.165, 1.54) is 18.2 Å². The van der Waals surface area contributed by atoms with E-state index in [2.05, 4.69) is 10.3 Å². The number of nitrogen functional groups attached to an aromatic ring is 1. The molecule has 0 unspecified atom stereocenters. The molecule has 0 saturated carbocycles. The SMILES string of the molecule is Cc1cccc(NC(=O)c2ccc([N+](=O)[O-])c(N)c2)n1. The number of aryl methyl sites for hydroxylation is 1. The molecule has 0 aliphatic carbocycles. The zero-order valence-electron chi connectivity index (χ0n) is 10.7. The van der Waals surface area contributed by atoms with Gasteiger partial charge in [-0.1, -0.05) is 6.07 Å². The Bertz CT molecular complexity index is 685. The van der Waals surface area contributed by atoms with E-state index in [-0.39, 0.29) is 16.9 Å². The van der Waals surface area contributed by atoms with Gasteiger partial charge in [0, 0.05) is 17.3 Å². The third-order valence-corrected chi connectivity index (χ3v) is 2.62. The Morgan fingerprint density at radius 2 is 2.10 bits per heavy atom. The maximum absolute atomic E-state index is 12.0. The second kappa shape index (κ2) is 5.35. The van der Waals surface area contributed by atoms with E-state index in [0.29, 0.717) is 5.82 Å². The zero-order chi connectivity index (χ0) is 14.7. The number of anilines is 2. The highest BCUT2D eigenvalue weighted by molar-refractivity contribution is 6.04. The van der Waals surface area contributed by atoms with Crippen molar-refractivity contribution in [1.82, 2.24) is 4.98 Å². The number of carbonyl (C=O) groups excluding carboxylic acids is 1. The van der Waals surface area contributed by atoms with E-state index in [1.807, 2.05) is 0 Å². The minimum atomic E-state index is -0.598. The molecular weight excluding hydrogens is 260 g/mol. The predicted octanol–water partition coefficient (Wildman–Crippen LogP) is 2.13. The highest BCUT2D eigenvalue weighted by Crippen LogP contribution is 2.22. The Morgan fingerprint density at radius 3 is 2.70 bits per heavy atom. The minimum Gasteiger partial charge on any atom is -0.393 e. The largest absolute Gasteiger partial charge is 0.393 e. The topological polar surface area (TPSA) is 111 Å². The molecule has 0 bridgehead atoms. The summed E-state index contributed by atoms with van der Waals surface area (Å²) in [7, 11) is 0. The third kappa shape index (κ3) is 2.89. The normalized spacial score (nSPS) is 10.1. The van der Waals surface area contributed by atoms with E-state index >= 15 is 0 Å². The lowest BCUT2D eigenvalue weighted by molar-refractivity contribution is -0.383. The van der Waals surface area contributed by atoms with Crippen molar-refractivity contribution in [2.75, 3.05) is 11.1 Å². The summed E-state index contributed by atoms with van der Waals surface area (Å²) < 4.78 is 0. The second-order valence-electron chi connectivity index (χ2n) is 4.15. The fourth-order valence-corrected chi connectivity index (χ4v) is 1.66. The lowest BCUT2D eigenvalue weighted by Crippen LogP contribution is -2.13. The van der Waals surface area contributed by atoms with Crippen LogP contribution < -0.4 is 11.1 Å². The van der Waals surface area contributed by atoms with Crippen molar-refractivity contribution >= 4 is 23.1 Å². The van der Waals surface area contributed by atoms with Crippen molar-refractivity contribution in [2.45, 2.75) is 6.92 Å². The Labute approximate surface area is 114 Å². The minimum absolute atomic E-state index is 0.0557. The van der Waals surface area contributed by atoms with Crippen molar-refractivity contribution in [3.05, 3.63) is 57.8 Å². The first kappa shape index (κ1) is 13.5. The van der Waals surface area contributed by atoms with Crippen molar-refractivity contribution in [1.29, 1.82) is 0 Å². The lowest BCUT2D eigenvalue weighted by atomic mass is 10.1. The van der Waals surface area contributed by atoms with Gasteiger partial charge in [-0.3, -0.25) is 14.9 Å². The molecule has 7 nitrogen and oxygen atoms in total. The molecule has 0 fully saturated rings. The van der Waals surface area contributed by atoms with Crippen LogP contribution in [0.15, 0.2) is 36.4 Å². The van der Waals surface area contributed by atoms with E-state index < -0.39 is 10.8 Å². The quantitative estimate of drug-likeness (QED) is 0.505. The van der Waals surface area contributed by atoms with Crippen LogP contribution in [0.5, 0.6) is 0 Å². The Hall–Kier alpha value is -2.96. The summed E-state index contributed by atoms with van der Waals surface area (Å²) in [6.07, 6.45) is 0. The molecule has 0 aliphatic rings.